The molecule has 0 aliphatic carbocycles. The minimum atomic E-state index is -0.495. The predicted octanol–water partition coefficient (Wildman–Crippen LogP) is 2.95. The van der Waals surface area contributed by atoms with Crippen LogP contribution in [-0.4, -0.2) is 24.3 Å². The van der Waals surface area contributed by atoms with E-state index in [0.717, 1.165) is 12.0 Å². The molecule has 0 heterocycles. The first-order valence-corrected chi connectivity index (χ1v) is 7.54. The van der Waals surface area contributed by atoms with Crippen LogP contribution in [0.15, 0.2) is 24.3 Å². The Bertz CT molecular complexity index is 529. The van der Waals surface area contributed by atoms with Crippen molar-refractivity contribution in [1.82, 2.24) is 10.6 Å². The smallest absolute Gasteiger partial charge is 0.407 e. The highest BCUT2D eigenvalue weighted by molar-refractivity contribution is 5.67. The molecule has 0 aliphatic heterocycles. The molecular formula is C17H25N3O2. The largest absolute Gasteiger partial charge is 0.444 e. The van der Waals surface area contributed by atoms with E-state index in [1.54, 1.807) is 6.07 Å². The molecule has 1 aromatic rings. The first-order chi connectivity index (χ1) is 10.4. The summed E-state index contributed by atoms with van der Waals surface area (Å²) in [5, 5.41) is 15.2. The van der Waals surface area contributed by atoms with Crippen LogP contribution in [0, 0.1) is 11.3 Å². The van der Waals surface area contributed by atoms with Gasteiger partial charge in [0.15, 0.2) is 0 Å². The lowest BCUT2D eigenvalue weighted by molar-refractivity contribution is 0.0522. The number of alkyl carbamates (subject to hydrolysis) is 1. The second kappa shape index (κ2) is 8.40. The SMILES string of the molecule is CCC(CNC(=O)OC(C)(C)C)NCc1ccccc1C#N. The fourth-order valence-electron chi connectivity index (χ4n) is 1.92. The third-order valence-corrected chi connectivity index (χ3v) is 3.10. The van der Waals surface area contributed by atoms with Gasteiger partial charge in [-0.25, -0.2) is 4.79 Å². The summed E-state index contributed by atoms with van der Waals surface area (Å²) in [7, 11) is 0. The standard InChI is InChI=1S/C17H25N3O2/c1-5-15(12-20-16(21)22-17(2,3)4)19-11-14-9-7-6-8-13(14)10-18/h6-9,15,19H,5,11-12H2,1-4H3,(H,20,21). The Morgan fingerprint density at radius 1 is 1.36 bits per heavy atom. The third-order valence-electron chi connectivity index (χ3n) is 3.10. The summed E-state index contributed by atoms with van der Waals surface area (Å²) in [6.07, 6.45) is 0.454. The maximum atomic E-state index is 11.6. The lowest BCUT2D eigenvalue weighted by Gasteiger charge is -2.22. The van der Waals surface area contributed by atoms with E-state index in [1.165, 1.54) is 0 Å². The average molecular weight is 303 g/mol. The topological polar surface area (TPSA) is 74.2 Å². The van der Waals surface area contributed by atoms with Crippen molar-refractivity contribution < 1.29 is 9.53 Å². The van der Waals surface area contributed by atoms with Gasteiger partial charge in [0.05, 0.1) is 11.6 Å². The molecule has 5 nitrogen and oxygen atoms in total. The molecule has 2 N–H and O–H groups in total. The van der Waals surface area contributed by atoms with Crippen LogP contribution in [0.25, 0.3) is 0 Å². The van der Waals surface area contributed by atoms with Crippen molar-refractivity contribution in [3.05, 3.63) is 35.4 Å². The van der Waals surface area contributed by atoms with Crippen LogP contribution in [0.5, 0.6) is 0 Å². The number of nitrogens with one attached hydrogen (secondary N) is 2. The van der Waals surface area contributed by atoms with Crippen molar-refractivity contribution in [3.63, 3.8) is 0 Å². The highest BCUT2D eigenvalue weighted by atomic mass is 16.6. The number of nitriles is 1. The summed E-state index contributed by atoms with van der Waals surface area (Å²) >= 11 is 0. The van der Waals surface area contributed by atoms with E-state index in [2.05, 4.69) is 16.7 Å². The summed E-state index contributed by atoms with van der Waals surface area (Å²) in [5.74, 6) is 0. The molecule has 1 atom stereocenters. The van der Waals surface area contributed by atoms with Gasteiger partial charge in [0, 0.05) is 19.1 Å². The molecule has 0 saturated heterocycles. The Morgan fingerprint density at radius 3 is 2.64 bits per heavy atom. The molecule has 0 saturated carbocycles. The predicted molar refractivity (Wildman–Crippen MR) is 86.3 cm³/mol. The Hall–Kier alpha value is -2.06. The van der Waals surface area contributed by atoms with Crippen molar-refractivity contribution in [1.29, 1.82) is 5.26 Å². The molecule has 0 spiro atoms. The van der Waals surface area contributed by atoms with Crippen molar-refractivity contribution >= 4 is 6.09 Å². The van der Waals surface area contributed by atoms with Crippen molar-refractivity contribution in [3.8, 4) is 6.07 Å². The van der Waals surface area contributed by atoms with Gasteiger partial charge in [-0.15, -0.1) is 0 Å². The highest BCUT2D eigenvalue weighted by Gasteiger charge is 2.17. The molecule has 0 aliphatic rings. The molecule has 0 fully saturated rings. The number of nitrogens with zero attached hydrogens (tertiary/aromatic N) is 1. The van der Waals surface area contributed by atoms with Crippen LogP contribution < -0.4 is 10.6 Å². The van der Waals surface area contributed by atoms with Gasteiger partial charge in [-0.3, -0.25) is 0 Å². The molecule has 0 bridgehead atoms. The second-order valence-corrected chi connectivity index (χ2v) is 6.14. The van der Waals surface area contributed by atoms with E-state index >= 15 is 0 Å². The van der Waals surface area contributed by atoms with Gasteiger partial charge < -0.3 is 15.4 Å². The van der Waals surface area contributed by atoms with Gasteiger partial charge in [0.25, 0.3) is 0 Å². The quantitative estimate of drug-likeness (QED) is 0.847. The van der Waals surface area contributed by atoms with Crippen LogP contribution in [-0.2, 0) is 11.3 Å². The Balaban J connectivity index is 2.46. The molecule has 1 aromatic carbocycles. The van der Waals surface area contributed by atoms with E-state index in [4.69, 9.17) is 10.00 Å². The number of hydrogen-bond donors (Lipinski definition) is 2. The summed E-state index contributed by atoms with van der Waals surface area (Å²) in [6, 6.07) is 9.81. The van der Waals surface area contributed by atoms with Gasteiger partial charge in [-0.2, -0.15) is 5.26 Å². The third kappa shape index (κ3) is 6.59. The fourth-order valence-corrected chi connectivity index (χ4v) is 1.92. The Morgan fingerprint density at radius 2 is 2.05 bits per heavy atom. The number of amides is 1. The zero-order valence-corrected chi connectivity index (χ0v) is 13.8. The maximum absolute atomic E-state index is 11.6. The Labute approximate surface area is 132 Å². The summed E-state index contributed by atoms with van der Waals surface area (Å²) < 4.78 is 5.21. The van der Waals surface area contributed by atoms with Gasteiger partial charge in [0.1, 0.15) is 5.60 Å². The van der Waals surface area contributed by atoms with Crippen LogP contribution in [0.3, 0.4) is 0 Å². The lowest BCUT2D eigenvalue weighted by atomic mass is 10.1. The zero-order valence-electron chi connectivity index (χ0n) is 13.8. The molecule has 5 heteroatoms. The molecule has 120 valence electrons. The first kappa shape index (κ1) is 18.0. The number of hydrogen-bond acceptors (Lipinski definition) is 4. The van der Waals surface area contributed by atoms with Crippen LogP contribution in [0.2, 0.25) is 0 Å². The second-order valence-electron chi connectivity index (χ2n) is 6.14. The molecule has 1 amide bonds. The highest BCUT2D eigenvalue weighted by Crippen LogP contribution is 2.08. The van der Waals surface area contributed by atoms with Gasteiger partial charge >= 0.3 is 6.09 Å². The number of carbonyl (C=O) groups excluding carboxylic acids is 1. The number of ether oxygens (including phenoxy) is 1. The number of carbonyl (C=O) groups is 1. The molecule has 1 rings (SSSR count). The molecule has 0 aromatic heterocycles. The fraction of sp³-hybridized carbons (Fsp3) is 0.529. The number of benzene rings is 1. The first-order valence-electron chi connectivity index (χ1n) is 7.54. The summed E-state index contributed by atoms with van der Waals surface area (Å²) in [4.78, 5) is 11.6. The normalized spacial score (nSPS) is 12.3. The van der Waals surface area contributed by atoms with E-state index < -0.39 is 11.7 Å². The van der Waals surface area contributed by atoms with Gasteiger partial charge in [-0.1, -0.05) is 25.1 Å². The monoisotopic (exact) mass is 303 g/mol. The minimum absolute atomic E-state index is 0.124. The van der Waals surface area contributed by atoms with Crippen LogP contribution >= 0.6 is 0 Å². The molecule has 1 unspecified atom stereocenters. The van der Waals surface area contributed by atoms with Crippen LogP contribution in [0.4, 0.5) is 4.79 Å². The number of rotatable bonds is 6. The van der Waals surface area contributed by atoms with E-state index in [1.807, 2.05) is 45.9 Å². The summed E-state index contributed by atoms with van der Waals surface area (Å²) in [5.41, 5.74) is 1.14. The Kier molecular flexibility index (Phi) is 6.87. The van der Waals surface area contributed by atoms with E-state index in [0.29, 0.717) is 18.7 Å². The average Bonchev–Trinajstić information content (AvgIpc) is 2.46. The molecule has 0 radical (unpaired) electrons. The van der Waals surface area contributed by atoms with E-state index in [9.17, 15) is 4.79 Å². The van der Waals surface area contributed by atoms with Crippen LogP contribution in [0.1, 0.15) is 45.2 Å². The molecule has 22 heavy (non-hydrogen) atoms. The summed E-state index contributed by atoms with van der Waals surface area (Å²) in [6.45, 7) is 8.63. The van der Waals surface area contributed by atoms with Gasteiger partial charge in [0.2, 0.25) is 0 Å². The zero-order chi connectivity index (χ0) is 16.6. The molecular weight excluding hydrogens is 278 g/mol. The van der Waals surface area contributed by atoms with E-state index in [-0.39, 0.29) is 6.04 Å². The van der Waals surface area contributed by atoms with Crippen molar-refractivity contribution in [2.75, 3.05) is 6.54 Å². The minimum Gasteiger partial charge on any atom is -0.444 e. The van der Waals surface area contributed by atoms with Crippen molar-refractivity contribution in [2.45, 2.75) is 52.3 Å². The maximum Gasteiger partial charge on any atom is 0.407 e. The van der Waals surface area contributed by atoms with Gasteiger partial charge in [-0.05, 0) is 38.8 Å². The van der Waals surface area contributed by atoms with Crippen molar-refractivity contribution in [2.24, 2.45) is 0 Å². The lowest BCUT2D eigenvalue weighted by Crippen LogP contribution is -2.42.